The normalized spacial score (nSPS) is 34.5. The molecule has 0 aliphatic carbocycles. The van der Waals surface area contributed by atoms with Crippen molar-refractivity contribution in [3.63, 3.8) is 0 Å². The average Bonchev–Trinajstić information content (AvgIpc) is 1.86. The number of halogens is 1. The molecular weight excluding hydrogens is 101 g/mol. The Morgan fingerprint density at radius 3 is 2.83 bits per heavy atom. The van der Waals surface area contributed by atoms with E-state index in [1.165, 1.54) is 11.9 Å². The summed E-state index contributed by atoms with van der Waals surface area (Å²) in [5, 5.41) is 0. The van der Waals surface area contributed by atoms with E-state index in [0.29, 0.717) is 6.42 Å². The highest BCUT2D eigenvalue weighted by Gasteiger charge is 2.11. The molecule has 0 radical (unpaired) electrons. The molecule has 1 aliphatic heterocycles. The topological polar surface area (TPSA) is 12.0 Å². The van der Waals surface area contributed by atoms with E-state index in [0.717, 1.165) is 6.54 Å². The number of nitrogens with one attached hydrogen (secondary N) is 1. The van der Waals surface area contributed by atoms with Crippen molar-refractivity contribution >= 4 is 11.9 Å². The van der Waals surface area contributed by atoms with Gasteiger partial charge in [-0.25, -0.2) is 4.39 Å². The Bertz CT molecular complexity index is 44.1. The fraction of sp³-hybridized carbons (Fsp3) is 1.00. The van der Waals surface area contributed by atoms with Crippen LogP contribution < -0.4 is 4.72 Å². The lowest BCUT2D eigenvalue weighted by atomic mass is 10.5. The number of hydrogen-bond donors (Lipinski definition) is 1. The van der Waals surface area contributed by atoms with Crippen molar-refractivity contribution in [3.05, 3.63) is 0 Å². The summed E-state index contributed by atoms with van der Waals surface area (Å²) in [6.45, 7) is 0.825. The van der Waals surface area contributed by atoms with E-state index in [1.54, 1.807) is 0 Å². The van der Waals surface area contributed by atoms with Gasteiger partial charge in [-0.15, -0.1) is 0 Å². The second-order valence-electron chi connectivity index (χ2n) is 1.21. The lowest BCUT2D eigenvalue weighted by Crippen LogP contribution is -1.91. The van der Waals surface area contributed by atoms with E-state index in [-0.39, 0.29) is 0 Å². The van der Waals surface area contributed by atoms with Crippen LogP contribution in [0, 0.1) is 0 Å². The van der Waals surface area contributed by atoms with Crippen LogP contribution in [0.4, 0.5) is 4.39 Å². The summed E-state index contributed by atoms with van der Waals surface area (Å²) in [7, 11) is 0. The SMILES string of the molecule is FC1CCNS1. The Kier molecular flexibility index (Phi) is 1.32. The summed E-state index contributed by atoms with van der Waals surface area (Å²) in [4.78, 5) is 0. The van der Waals surface area contributed by atoms with E-state index in [4.69, 9.17) is 0 Å². The highest BCUT2D eigenvalue weighted by Crippen LogP contribution is 2.17. The van der Waals surface area contributed by atoms with E-state index < -0.39 is 5.50 Å². The first-order valence-electron chi connectivity index (χ1n) is 1.92. The largest absolute Gasteiger partial charge is 0.262 e. The van der Waals surface area contributed by atoms with Gasteiger partial charge in [0.2, 0.25) is 0 Å². The van der Waals surface area contributed by atoms with Crippen LogP contribution in [0.1, 0.15) is 6.42 Å². The van der Waals surface area contributed by atoms with E-state index >= 15 is 0 Å². The first-order valence-corrected chi connectivity index (χ1v) is 2.80. The molecule has 0 bridgehead atoms. The number of rotatable bonds is 0. The third-order valence-corrected chi connectivity index (χ3v) is 1.55. The quantitative estimate of drug-likeness (QED) is 0.462. The van der Waals surface area contributed by atoms with Gasteiger partial charge in [0.15, 0.2) is 5.50 Å². The highest BCUT2D eigenvalue weighted by atomic mass is 32.2. The summed E-state index contributed by atoms with van der Waals surface area (Å²) in [6, 6.07) is 0. The van der Waals surface area contributed by atoms with Crippen molar-refractivity contribution in [2.45, 2.75) is 11.9 Å². The molecule has 0 aromatic rings. The van der Waals surface area contributed by atoms with Gasteiger partial charge in [-0.05, 0) is 11.9 Å². The monoisotopic (exact) mass is 107 g/mol. The zero-order valence-electron chi connectivity index (χ0n) is 3.28. The lowest BCUT2D eigenvalue weighted by molar-refractivity contribution is 0.447. The molecule has 1 nitrogen and oxygen atoms in total. The minimum atomic E-state index is -0.648. The van der Waals surface area contributed by atoms with Crippen molar-refractivity contribution in [1.82, 2.24) is 4.72 Å². The summed E-state index contributed by atoms with van der Waals surface area (Å²) in [6.07, 6.45) is 0.671. The molecule has 1 atom stereocenters. The van der Waals surface area contributed by atoms with Gasteiger partial charge in [0, 0.05) is 13.0 Å². The van der Waals surface area contributed by atoms with Crippen molar-refractivity contribution in [2.75, 3.05) is 6.54 Å². The Labute approximate surface area is 40.4 Å². The molecular formula is C3H6FNS. The molecule has 1 fully saturated rings. The maximum absolute atomic E-state index is 11.8. The van der Waals surface area contributed by atoms with Gasteiger partial charge in [-0.3, -0.25) is 4.72 Å². The second-order valence-corrected chi connectivity index (χ2v) is 2.25. The summed E-state index contributed by atoms with van der Waals surface area (Å²) >= 11 is 1.18. The molecule has 1 rings (SSSR count). The molecule has 3 heteroatoms. The van der Waals surface area contributed by atoms with Crippen LogP contribution in [0.25, 0.3) is 0 Å². The molecule has 0 spiro atoms. The summed E-state index contributed by atoms with van der Waals surface area (Å²) in [5.41, 5.74) is -0.648. The van der Waals surface area contributed by atoms with Crippen molar-refractivity contribution < 1.29 is 4.39 Å². The maximum Gasteiger partial charge on any atom is 0.160 e. The van der Waals surface area contributed by atoms with Crippen LogP contribution in [-0.2, 0) is 0 Å². The maximum atomic E-state index is 11.8. The zero-order chi connectivity index (χ0) is 4.41. The zero-order valence-corrected chi connectivity index (χ0v) is 4.09. The molecule has 1 N–H and O–H groups in total. The smallest absolute Gasteiger partial charge is 0.160 e. The van der Waals surface area contributed by atoms with Crippen LogP contribution in [0.3, 0.4) is 0 Å². The third kappa shape index (κ3) is 0.849. The van der Waals surface area contributed by atoms with Crippen molar-refractivity contribution in [3.8, 4) is 0 Å². The van der Waals surface area contributed by atoms with Crippen LogP contribution in [-0.4, -0.2) is 12.0 Å². The molecule has 1 aliphatic rings. The standard InChI is InChI=1S/C3H6FNS/c4-3-1-2-5-6-3/h3,5H,1-2H2. The fourth-order valence-electron chi connectivity index (χ4n) is 0.381. The molecule has 1 saturated heterocycles. The lowest BCUT2D eigenvalue weighted by Gasteiger charge is -1.85. The van der Waals surface area contributed by atoms with Gasteiger partial charge < -0.3 is 0 Å². The Morgan fingerprint density at radius 1 is 1.83 bits per heavy atom. The van der Waals surface area contributed by atoms with Crippen molar-refractivity contribution in [1.29, 1.82) is 0 Å². The van der Waals surface area contributed by atoms with E-state index in [9.17, 15) is 4.39 Å². The predicted molar refractivity (Wildman–Crippen MR) is 25.1 cm³/mol. The molecule has 1 heterocycles. The summed E-state index contributed by atoms with van der Waals surface area (Å²) in [5.74, 6) is 0. The van der Waals surface area contributed by atoms with Gasteiger partial charge in [0.05, 0.1) is 0 Å². The van der Waals surface area contributed by atoms with Gasteiger partial charge in [-0.1, -0.05) is 0 Å². The second kappa shape index (κ2) is 1.80. The fourth-order valence-corrected chi connectivity index (χ4v) is 1.03. The molecule has 36 valence electrons. The molecule has 0 amide bonds. The van der Waals surface area contributed by atoms with Crippen molar-refractivity contribution in [2.24, 2.45) is 0 Å². The molecule has 0 aromatic heterocycles. The highest BCUT2D eigenvalue weighted by molar-refractivity contribution is 7.98. The molecule has 6 heavy (non-hydrogen) atoms. The van der Waals surface area contributed by atoms with Gasteiger partial charge in [0.1, 0.15) is 0 Å². The van der Waals surface area contributed by atoms with E-state index in [1.807, 2.05) is 0 Å². The Hall–Kier alpha value is 0.240. The molecule has 1 unspecified atom stereocenters. The van der Waals surface area contributed by atoms with Gasteiger partial charge in [-0.2, -0.15) is 0 Å². The molecule has 0 aromatic carbocycles. The molecule has 0 saturated carbocycles. The minimum Gasteiger partial charge on any atom is -0.262 e. The van der Waals surface area contributed by atoms with Crippen LogP contribution in [0.2, 0.25) is 0 Å². The van der Waals surface area contributed by atoms with Gasteiger partial charge >= 0.3 is 0 Å². The number of hydrogen-bond acceptors (Lipinski definition) is 2. The predicted octanol–water partition coefficient (Wildman–Crippen LogP) is 0.923. The van der Waals surface area contributed by atoms with E-state index in [2.05, 4.69) is 4.72 Å². The van der Waals surface area contributed by atoms with Crippen LogP contribution in [0.5, 0.6) is 0 Å². The summed E-state index contributed by atoms with van der Waals surface area (Å²) < 4.78 is 14.6. The Morgan fingerprint density at radius 2 is 2.67 bits per heavy atom. The van der Waals surface area contributed by atoms with Crippen LogP contribution in [0.15, 0.2) is 0 Å². The minimum absolute atomic E-state index is 0.648. The van der Waals surface area contributed by atoms with Gasteiger partial charge in [0.25, 0.3) is 0 Å². The first-order chi connectivity index (χ1) is 2.89. The average molecular weight is 107 g/mol. The number of alkyl halides is 1. The Balaban J connectivity index is 2.18. The van der Waals surface area contributed by atoms with Crippen LogP contribution >= 0.6 is 11.9 Å². The first kappa shape index (κ1) is 4.40. The third-order valence-electron chi connectivity index (χ3n) is 0.685.